The molecule has 1 aliphatic rings. The highest BCUT2D eigenvalue weighted by Gasteiger charge is 2.21. The molecule has 0 spiro atoms. The fourth-order valence-electron chi connectivity index (χ4n) is 2.41. The molecule has 2 rings (SSSR count). The molecule has 1 N–H and O–H groups in total. The molecule has 0 radical (unpaired) electrons. The van der Waals surface area contributed by atoms with Gasteiger partial charge in [0, 0.05) is 16.5 Å². The van der Waals surface area contributed by atoms with E-state index in [0.717, 1.165) is 25.7 Å². The van der Waals surface area contributed by atoms with Crippen molar-refractivity contribution in [2.24, 2.45) is 5.92 Å². The number of halogens is 1. The maximum absolute atomic E-state index is 11.9. The molecule has 0 heterocycles. The summed E-state index contributed by atoms with van der Waals surface area (Å²) in [5, 5.41) is 3.34. The van der Waals surface area contributed by atoms with Gasteiger partial charge >= 0.3 is 0 Å². The summed E-state index contributed by atoms with van der Waals surface area (Å²) in [6.45, 7) is 0.0664. The van der Waals surface area contributed by atoms with Crippen molar-refractivity contribution in [2.45, 2.75) is 32.1 Å². The molecule has 1 aliphatic carbocycles. The third-order valence-corrected chi connectivity index (χ3v) is 3.82. The summed E-state index contributed by atoms with van der Waals surface area (Å²) in [5.41, 5.74) is 0.577. The van der Waals surface area contributed by atoms with Crippen molar-refractivity contribution in [3.63, 3.8) is 0 Å². The Bertz CT molecular complexity index is 450. The second-order valence-corrected chi connectivity index (χ2v) is 5.42. The first-order valence-corrected chi connectivity index (χ1v) is 7.11. The molecule has 0 atom stereocenters. The first-order chi connectivity index (χ1) is 9.16. The van der Waals surface area contributed by atoms with E-state index in [1.807, 2.05) is 0 Å². The maximum atomic E-state index is 11.9. The standard InChI is InChI=1S/C15H18ClNO2/c16-13-8-6-11(7-9-13)14(18)10-17-15(19)12-4-2-1-3-5-12/h6-9,12H,1-5,10H2,(H,17,19). The zero-order valence-electron chi connectivity index (χ0n) is 10.8. The van der Waals surface area contributed by atoms with Crippen LogP contribution in [0.15, 0.2) is 24.3 Å². The number of amides is 1. The summed E-state index contributed by atoms with van der Waals surface area (Å²) in [7, 11) is 0. The summed E-state index contributed by atoms with van der Waals surface area (Å²) in [4.78, 5) is 23.8. The Morgan fingerprint density at radius 3 is 2.37 bits per heavy atom. The van der Waals surface area contributed by atoms with Crippen LogP contribution in [-0.2, 0) is 4.79 Å². The molecule has 1 amide bonds. The number of carbonyl (C=O) groups is 2. The highest BCUT2D eigenvalue weighted by atomic mass is 35.5. The van der Waals surface area contributed by atoms with E-state index in [9.17, 15) is 9.59 Å². The average molecular weight is 280 g/mol. The lowest BCUT2D eigenvalue weighted by Gasteiger charge is -2.20. The molecule has 0 unspecified atom stereocenters. The largest absolute Gasteiger partial charge is 0.348 e. The molecule has 0 saturated heterocycles. The zero-order valence-corrected chi connectivity index (χ0v) is 11.6. The maximum Gasteiger partial charge on any atom is 0.223 e. The van der Waals surface area contributed by atoms with E-state index < -0.39 is 0 Å². The van der Waals surface area contributed by atoms with Crippen LogP contribution in [0.5, 0.6) is 0 Å². The Labute approximate surface area is 118 Å². The SMILES string of the molecule is O=C(CNC(=O)C1CCCCC1)c1ccc(Cl)cc1. The number of Topliss-reactive ketones (excluding diaryl/α,β-unsaturated/α-hetero) is 1. The lowest BCUT2D eigenvalue weighted by atomic mass is 9.88. The predicted octanol–water partition coefficient (Wildman–Crippen LogP) is 3.22. The minimum absolute atomic E-state index is 0.0158. The third-order valence-electron chi connectivity index (χ3n) is 3.57. The Morgan fingerprint density at radius 2 is 1.74 bits per heavy atom. The highest BCUT2D eigenvalue weighted by Crippen LogP contribution is 2.23. The molecule has 1 fully saturated rings. The second-order valence-electron chi connectivity index (χ2n) is 4.98. The summed E-state index contributed by atoms with van der Waals surface area (Å²) < 4.78 is 0. The molecule has 3 nitrogen and oxygen atoms in total. The predicted molar refractivity (Wildman–Crippen MR) is 75.4 cm³/mol. The Balaban J connectivity index is 1.82. The molecule has 4 heteroatoms. The van der Waals surface area contributed by atoms with Crippen LogP contribution >= 0.6 is 11.6 Å². The normalized spacial score (nSPS) is 16.1. The molecule has 1 aromatic rings. The van der Waals surface area contributed by atoms with Crippen LogP contribution in [0.25, 0.3) is 0 Å². The highest BCUT2D eigenvalue weighted by molar-refractivity contribution is 6.30. The van der Waals surface area contributed by atoms with E-state index in [4.69, 9.17) is 11.6 Å². The number of ketones is 1. The molecule has 1 saturated carbocycles. The van der Waals surface area contributed by atoms with Gasteiger partial charge in [0.15, 0.2) is 5.78 Å². The van der Waals surface area contributed by atoms with Crippen LogP contribution in [0.3, 0.4) is 0 Å². The number of benzene rings is 1. The van der Waals surface area contributed by atoms with Gasteiger partial charge in [-0.15, -0.1) is 0 Å². The van der Waals surface area contributed by atoms with Crippen LogP contribution in [0.4, 0.5) is 0 Å². The summed E-state index contributed by atoms with van der Waals surface area (Å²) in [6, 6.07) is 6.71. The summed E-state index contributed by atoms with van der Waals surface area (Å²) >= 11 is 5.76. The Morgan fingerprint density at radius 1 is 1.11 bits per heavy atom. The van der Waals surface area contributed by atoms with E-state index in [0.29, 0.717) is 10.6 Å². The zero-order chi connectivity index (χ0) is 13.7. The number of hydrogen-bond donors (Lipinski definition) is 1. The minimum Gasteiger partial charge on any atom is -0.348 e. The Kier molecular flexibility index (Phi) is 4.97. The van der Waals surface area contributed by atoms with Crippen LogP contribution < -0.4 is 5.32 Å². The van der Waals surface area contributed by atoms with Crippen LogP contribution in [0.1, 0.15) is 42.5 Å². The monoisotopic (exact) mass is 279 g/mol. The minimum atomic E-state index is -0.0826. The van der Waals surface area contributed by atoms with Gasteiger partial charge in [0.25, 0.3) is 0 Å². The van der Waals surface area contributed by atoms with E-state index >= 15 is 0 Å². The van der Waals surface area contributed by atoms with Crippen LogP contribution in [-0.4, -0.2) is 18.2 Å². The van der Waals surface area contributed by atoms with Gasteiger partial charge in [-0.3, -0.25) is 9.59 Å². The molecule has 0 aromatic heterocycles. The number of nitrogens with one attached hydrogen (secondary N) is 1. The number of rotatable bonds is 4. The van der Waals surface area contributed by atoms with Crippen molar-refractivity contribution < 1.29 is 9.59 Å². The molecular formula is C15H18ClNO2. The van der Waals surface area contributed by atoms with Crippen molar-refractivity contribution in [1.82, 2.24) is 5.32 Å². The lowest BCUT2D eigenvalue weighted by molar-refractivity contribution is -0.125. The molecule has 0 aliphatic heterocycles. The Hall–Kier alpha value is -1.35. The first kappa shape index (κ1) is 14.1. The summed E-state index contributed by atoms with van der Waals surface area (Å²) in [6.07, 6.45) is 5.34. The van der Waals surface area contributed by atoms with Gasteiger partial charge in [-0.1, -0.05) is 30.9 Å². The van der Waals surface area contributed by atoms with Crippen LogP contribution in [0.2, 0.25) is 5.02 Å². The van der Waals surface area contributed by atoms with Gasteiger partial charge in [0.2, 0.25) is 5.91 Å². The van der Waals surface area contributed by atoms with Crippen molar-refractivity contribution >= 4 is 23.3 Å². The number of carbonyl (C=O) groups excluding carboxylic acids is 2. The fourth-order valence-corrected chi connectivity index (χ4v) is 2.54. The molecular weight excluding hydrogens is 262 g/mol. The van der Waals surface area contributed by atoms with Gasteiger partial charge in [0.1, 0.15) is 0 Å². The molecule has 19 heavy (non-hydrogen) atoms. The topological polar surface area (TPSA) is 46.2 Å². The van der Waals surface area contributed by atoms with Crippen molar-refractivity contribution in [3.05, 3.63) is 34.9 Å². The smallest absolute Gasteiger partial charge is 0.223 e. The van der Waals surface area contributed by atoms with E-state index in [1.165, 1.54) is 6.42 Å². The van der Waals surface area contributed by atoms with Crippen molar-refractivity contribution in [2.75, 3.05) is 6.54 Å². The van der Waals surface area contributed by atoms with Gasteiger partial charge in [-0.2, -0.15) is 0 Å². The van der Waals surface area contributed by atoms with Crippen molar-refractivity contribution in [3.8, 4) is 0 Å². The third kappa shape index (κ3) is 4.06. The van der Waals surface area contributed by atoms with E-state index in [-0.39, 0.29) is 24.2 Å². The molecule has 102 valence electrons. The quantitative estimate of drug-likeness (QED) is 0.860. The average Bonchev–Trinajstić information content (AvgIpc) is 2.46. The van der Waals surface area contributed by atoms with Gasteiger partial charge < -0.3 is 5.32 Å². The lowest BCUT2D eigenvalue weighted by Crippen LogP contribution is -2.35. The van der Waals surface area contributed by atoms with Crippen molar-refractivity contribution in [1.29, 1.82) is 0 Å². The van der Waals surface area contributed by atoms with E-state index in [2.05, 4.69) is 5.32 Å². The molecule has 1 aromatic carbocycles. The van der Waals surface area contributed by atoms with Crippen LogP contribution in [0, 0.1) is 5.92 Å². The van der Waals surface area contributed by atoms with Gasteiger partial charge in [0.05, 0.1) is 6.54 Å². The van der Waals surface area contributed by atoms with Gasteiger partial charge in [-0.05, 0) is 37.1 Å². The molecule has 0 bridgehead atoms. The number of hydrogen-bond acceptors (Lipinski definition) is 2. The second kappa shape index (κ2) is 6.71. The fraction of sp³-hybridized carbons (Fsp3) is 0.467. The summed E-state index contributed by atoms with van der Waals surface area (Å²) in [5.74, 6) is 0.0228. The van der Waals surface area contributed by atoms with Gasteiger partial charge in [-0.25, -0.2) is 0 Å². The first-order valence-electron chi connectivity index (χ1n) is 6.73. The van der Waals surface area contributed by atoms with E-state index in [1.54, 1.807) is 24.3 Å².